The SMILES string of the molecule is COc1ccc(OCC(=O)N/N=C(/C(=O)c2ccc(OC)cc2)c2ccc(OC)cc2)cc1. The Morgan fingerprint density at radius 3 is 1.58 bits per heavy atom. The van der Waals surface area contributed by atoms with Gasteiger partial charge >= 0.3 is 0 Å². The Kier molecular flexibility index (Phi) is 8.02. The molecule has 0 aliphatic rings. The minimum Gasteiger partial charge on any atom is -0.497 e. The number of rotatable bonds is 10. The van der Waals surface area contributed by atoms with Gasteiger partial charge in [-0.05, 0) is 72.8 Å². The Hall–Kier alpha value is -4.33. The highest BCUT2D eigenvalue weighted by Gasteiger charge is 2.18. The standard InChI is InChI=1S/C25H24N2O6/c1-30-19-8-4-17(5-9-19)24(25(29)18-6-10-20(31-2)11-7-18)27-26-23(28)16-33-22-14-12-21(32-3)13-15-22/h4-15H,16H2,1-3H3,(H,26,28)/b27-24+. The number of carbonyl (C=O) groups excluding carboxylic acids is 2. The van der Waals surface area contributed by atoms with E-state index in [0.29, 0.717) is 34.1 Å². The summed E-state index contributed by atoms with van der Waals surface area (Å²) < 4.78 is 20.9. The molecule has 0 atom stereocenters. The van der Waals surface area contributed by atoms with Gasteiger partial charge in [-0.25, -0.2) is 5.43 Å². The second kappa shape index (κ2) is 11.3. The minimum absolute atomic E-state index is 0.0700. The maximum absolute atomic E-state index is 13.2. The fourth-order valence-electron chi connectivity index (χ4n) is 2.85. The molecule has 0 aliphatic carbocycles. The molecule has 3 aromatic rings. The van der Waals surface area contributed by atoms with Crippen LogP contribution in [-0.2, 0) is 4.79 Å². The summed E-state index contributed by atoms with van der Waals surface area (Å²) in [5.74, 6) is 1.56. The Balaban J connectivity index is 1.76. The van der Waals surface area contributed by atoms with E-state index in [1.54, 1.807) is 94.1 Å². The van der Waals surface area contributed by atoms with Gasteiger partial charge in [-0.15, -0.1) is 0 Å². The third-order valence-corrected chi connectivity index (χ3v) is 4.65. The van der Waals surface area contributed by atoms with Gasteiger partial charge in [0.1, 0.15) is 28.7 Å². The molecule has 0 fully saturated rings. The summed E-state index contributed by atoms with van der Waals surface area (Å²) in [6.45, 7) is -0.275. The van der Waals surface area contributed by atoms with Gasteiger partial charge in [-0.3, -0.25) is 9.59 Å². The number of methoxy groups -OCH3 is 3. The molecule has 0 spiro atoms. The maximum Gasteiger partial charge on any atom is 0.277 e. The Morgan fingerprint density at radius 1 is 0.667 bits per heavy atom. The summed E-state index contributed by atoms with van der Waals surface area (Å²) >= 11 is 0. The smallest absolute Gasteiger partial charge is 0.277 e. The van der Waals surface area contributed by atoms with Crippen molar-refractivity contribution in [2.45, 2.75) is 0 Å². The van der Waals surface area contributed by atoms with E-state index in [9.17, 15) is 9.59 Å². The van der Waals surface area contributed by atoms with Crippen LogP contribution in [-0.4, -0.2) is 45.3 Å². The van der Waals surface area contributed by atoms with Crippen LogP contribution < -0.4 is 24.4 Å². The Morgan fingerprint density at radius 2 is 1.09 bits per heavy atom. The van der Waals surface area contributed by atoms with Crippen molar-refractivity contribution in [3.63, 3.8) is 0 Å². The zero-order valence-corrected chi connectivity index (χ0v) is 18.5. The average Bonchev–Trinajstić information content (AvgIpc) is 2.88. The molecule has 0 bridgehead atoms. The van der Waals surface area contributed by atoms with Crippen molar-refractivity contribution in [2.75, 3.05) is 27.9 Å². The van der Waals surface area contributed by atoms with Crippen molar-refractivity contribution in [3.8, 4) is 23.0 Å². The van der Waals surface area contributed by atoms with Crippen LogP contribution >= 0.6 is 0 Å². The summed E-state index contributed by atoms with van der Waals surface area (Å²) in [6, 6.07) is 20.3. The number of carbonyl (C=O) groups is 2. The molecule has 0 radical (unpaired) electrons. The van der Waals surface area contributed by atoms with Gasteiger partial charge in [-0.1, -0.05) is 0 Å². The van der Waals surface area contributed by atoms with Crippen molar-refractivity contribution >= 4 is 17.4 Å². The molecule has 3 rings (SSSR count). The monoisotopic (exact) mass is 448 g/mol. The van der Waals surface area contributed by atoms with Crippen LogP contribution in [0, 0.1) is 0 Å². The summed E-state index contributed by atoms with van der Waals surface area (Å²) in [5, 5.41) is 4.10. The largest absolute Gasteiger partial charge is 0.497 e. The summed E-state index contributed by atoms with van der Waals surface area (Å²) in [4.78, 5) is 25.5. The molecular formula is C25H24N2O6. The van der Waals surface area contributed by atoms with E-state index in [-0.39, 0.29) is 18.1 Å². The highest BCUT2D eigenvalue weighted by Crippen LogP contribution is 2.18. The lowest BCUT2D eigenvalue weighted by Gasteiger charge is -2.09. The van der Waals surface area contributed by atoms with Crippen LogP contribution in [0.3, 0.4) is 0 Å². The van der Waals surface area contributed by atoms with E-state index < -0.39 is 5.91 Å². The molecule has 0 aromatic heterocycles. The van der Waals surface area contributed by atoms with Crippen molar-refractivity contribution in [1.82, 2.24) is 5.43 Å². The first-order valence-electron chi connectivity index (χ1n) is 10.0. The Bertz CT molecular complexity index is 1110. The molecule has 0 aliphatic heterocycles. The topological polar surface area (TPSA) is 95.5 Å². The number of hydrazone groups is 1. The number of nitrogens with one attached hydrogen (secondary N) is 1. The van der Waals surface area contributed by atoms with Crippen LogP contribution in [0.25, 0.3) is 0 Å². The molecule has 0 saturated carbocycles. The predicted molar refractivity (Wildman–Crippen MR) is 123 cm³/mol. The predicted octanol–water partition coefficient (Wildman–Crippen LogP) is 3.49. The van der Waals surface area contributed by atoms with Crippen LogP contribution in [0.5, 0.6) is 23.0 Å². The number of ketones is 1. The first-order chi connectivity index (χ1) is 16.0. The molecule has 0 unspecified atom stereocenters. The molecule has 33 heavy (non-hydrogen) atoms. The van der Waals surface area contributed by atoms with Crippen LogP contribution in [0.15, 0.2) is 77.9 Å². The number of ether oxygens (including phenoxy) is 4. The molecule has 8 nitrogen and oxygen atoms in total. The number of hydrogen-bond acceptors (Lipinski definition) is 7. The fraction of sp³-hybridized carbons (Fsp3) is 0.160. The average molecular weight is 448 g/mol. The highest BCUT2D eigenvalue weighted by molar-refractivity contribution is 6.51. The summed E-state index contributed by atoms with van der Waals surface area (Å²) in [6.07, 6.45) is 0. The zero-order valence-electron chi connectivity index (χ0n) is 18.5. The molecular weight excluding hydrogens is 424 g/mol. The van der Waals surface area contributed by atoms with Crippen molar-refractivity contribution < 1.29 is 28.5 Å². The van der Waals surface area contributed by atoms with Crippen molar-refractivity contribution in [2.24, 2.45) is 5.10 Å². The summed E-state index contributed by atoms with van der Waals surface area (Å²) in [7, 11) is 4.66. The zero-order chi connectivity index (χ0) is 23.6. The second-order valence-corrected chi connectivity index (χ2v) is 6.75. The van der Waals surface area contributed by atoms with E-state index in [1.807, 2.05) is 0 Å². The molecule has 0 heterocycles. The van der Waals surface area contributed by atoms with E-state index in [2.05, 4.69) is 10.5 Å². The van der Waals surface area contributed by atoms with Gasteiger partial charge < -0.3 is 18.9 Å². The van der Waals surface area contributed by atoms with Gasteiger partial charge in [0.25, 0.3) is 5.91 Å². The maximum atomic E-state index is 13.2. The lowest BCUT2D eigenvalue weighted by atomic mass is 10.0. The van der Waals surface area contributed by atoms with Gasteiger partial charge in [0.15, 0.2) is 6.61 Å². The fourth-order valence-corrected chi connectivity index (χ4v) is 2.85. The third-order valence-electron chi connectivity index (χ3n) is 4.65. The van der Waals surface area contributed by atoms with Crippen LogP contribution in [0.1, 0.15) is 15.9 Å². The van der Waals surface area contributed by atoms with Crippen LogP contribution in [0.2, 0.25) is 0 Å². The molecule has 3 aromatic carbocycles. The highest BCUT2D eigenvalue weighted by atomic mass is 16.5. The van der Waals surface area contributed by atoms with Gasteiger partial charge in [0.05, 0.1) is 21.3 Å². The lowest BCUT2D eigenvalue weighted by Crippen LogP contribution is -2.28. The van der Waals surface area contributed by atoms with Gasteiger partial charge in [-0.2, -0.15) is 5.10 Å². The van der Waals surface area contributed by atoms with Crippen molar-refractivity contribution in [3.05, 3.63) is 83.9 Å². The van der Waals surface area contributed by atoms with Crippen molar-refractivity contribution in [1.29, 1.82) is 0 Å². The quantitative estimate of drug-likeness (QED) is 0.290. The van der Waals surface area contributed by atoms with E-state index in [1.165, 1.54) is 0 Å². The molecule has 8 heteroatoms. The lowest BCUT2D eigenvalue weighted by molar-refractivity contribution is -0.123. The minimum atomic E-state index is -0.514. The van der Waals surface area contributed by atoms with Crippen LogP contribution in [0.4, 0.5) is 0 Å². The Labute approximate surface area is 191 Å². The first kappa shape index (κ1) is 23.3. The number of Topliss-reactive ketones (excluding diaryl/α,β-unsaturated/α-hetero) is 1. The number of benzene rings is 3. The molecule has 1 N–H and O–H groups in total. The second-order valence-electron chi connectivity index (χ2n) is 6.75. The summed E-state index contributed by atoms with van der Waals surface area (Å²) in [5.41, 5.74) is 3.39. The molecule has 0 saturated heterocycles. The van der Waals surface area contributed by atoms with E-state index in [0.717, 1.165) is 0 Å². The molecule has 170 valence electrons. The molecule has 1 amide bonds. The third kappa shape index (κ3) is 6.33. The van der Waals surface area contributed by atoms with Gasteiger partial charge in [0.2, 0.25) is 5.78 Å². The van der Waals surface area contributed by atoms with E-state index in [4.69, 9.17) is 18.9 Å². The van der Waals surface area contributed by atoms with Gasteiger partial charge in [0, 0.05) is 11.1 Å². The number of hydrogen-bond donors (Lipinski definition) is 1. The van der Waals surface area contributed by atoms with E-state index >= 15 is 0 Å². The first-order valence-corrected chi connectivity index (χ1v) is 10.0. The number of amides is 1. The normalized spacial score (nSPS) is 10.8. The number of nitrogens with zero attached hydrogens (tertiary/aromatic N) is 1.